The van der Waals surface area contributed by atoms with Gasteiger partial charge < -0.3 is 15.1 Å². The summed E-state index contributed by atoms with van der Waals surface area (Å²) in [6.45, 7) is 12.2. The normalized spacial score (nSPS) is 14.6. The van der Waals surface area contributed by atoms with Crippen molar-refractivity contribution in [3.05, 3.63) is 312 Å². The summed E-state index contributed by atoms with van der Waals surface area (Å²) < 4.78 is 0. The quantitative estimate of drug-likeness (QED) is 0.0815. The van der Waals surface area contributed by atoms with Crippen molar-refractivity contribution in [1.29, 1.82) is 0 Å². The molecule has 1 N–H and O–H groups in total. The van der Waals surface area contributed by atoms with Crippen LogP contribution in [0.5, 0.6) is 0 Å². The number of rotatable bonds is 15. The molecule has 0 spiro atoms. The molecule has 0 fully saturated rings. The van der Waals surface area contributed by atoms with Crippen LogP contribution in [-0.4, -0.2) is 7.28 Å². The molecule has 0 saturated carbocycles. The van der Waals surface area contributed by atoms with Crippen molar-refractivity contribution in [3.63, 3.8) is 0 Å². The van der Waals surface area contributed by atoms with E-state index in [9.17, 15) is 0 Å². The van der Waals surface area contributed by atoms with Crippen LogP contribution in [0, 0.1) is 0 Å². The van der Waals surface area contributed by atoms with Crippen molar-refractivity contribution in [2.75, 3.05) is 15.1 Å². The molecule has 1 aliphatic carbocycles. The predicted octanol–water partition coefficient (Wildman–Crippen LogP) is 21.4. The Morgan fingerprint density at radius 1 is 0.438 bits per heavy atom. The van der Waals surface area contributed by atoms with E-state index in [1.165, 1.54) is 131 Å². The van der Waals surface area contributed by atoms with Crippen molar-refractivity contribution in [3.8, 4) is 33.4 Å². The second-order valence-electron chi connectivity index (χ2n) is 26.5. The number of hydrogen-bond donors (Lipinski definition) is 1. The minimum atomic E-state index is -0.616. The predicted molar refractivity (Wildman–Crippen MR) is 381 cm³/mol. The second kappa shape index (κ2) is 22.8. The lowest BCUT2D eigenvalue weighted by Gasteiger charge is -2.51. The summed E-state index contributed by atoms with van der Waals surface area (Å²) in [5.41, 5.74) is 27.8. The minimum absolute atomic E-state index is 0.0226. The van der Waals surface area contributed by atoms with Gasteiger partial charge in [0.15, 0.2) is 7.28 Å². The zero-order valence-electron chi connectivity index (χ0n) is 52.0. The highest BCUT2D eigenvalue weighted by molar-refractivity contribution is 6.74. The molecule has 2 aliphatic heterocycles. The van der Waals surface area contributed by atoms with Gasteiger partial charge in [-0.3, -0.25) is 0 Å². The molecule has 434 valence electrons. The van der Waals surface area contributed by atoms with Crippen molar-refractivity contribution in [2.45, 2.75) is 95.8 Å². The molecule has 12 aromatic rings. The average Bonchev–Trinajstić information content (AvgIpc) is 0.686. The molecule has 0 aromatic heterocycles. The van der Waals surface area contributed by atoms with Crippen LogP contribution in [-0.2, 0) is 22.7 Å². The first-order valence-corrected chi connectivity index (χ1v) is 32.5. The zero-order valence-corrected chi connectivity index (χ0v) is 52.0. The standard InChI is InChI=1S/C85H76BN3/c1-6-7-8-13-25-58-38-46-67(47-39-58)88(68-48-42-62(43-49-68)60-28-16-10-17-29-60)69-50-51-78(87-66-44-40-61(41-45-66)59-26-14-9-15-27-59)71(55-69)72-54-63-30-22-23-35-70(63)81-80(72)86-77-37-24-36-73-82(77)89(81)79-57-75-74(83(2,3)52-53-84(75,4)5)56-76(79)85(73,64-31-18-11-19-32-64)65-33-20-12-21-34-65/h9-12,14-24,26-51,54-57,86-87H,6-8,13,25,52-53H2,1-5H3. The molecule has 0 radical (unpaired) electrons. The first kappa shape index (κ1) is 55.9. The second-order valence-corrected chi connectivity index (χ2v) is 26.5. The van der Waals surface area contributed by atoms with Gasteiger partial charge in [0.05, 0.1) is 11.1 Å². The van der Waals surface area contributed by atoms with Crippen LogP contribution in [0.25, 0.3) is 44.2 Å². The number of nitrogens with zero attached hydrogens (tertiary/aromatic N) is 2. The summed E-state index contributed by atoms with van der Waals surface area (Å²) in [4.78, 5) is 5.21. The number of hydrogen-bond acceptors (Lipinski definition) is 3. The third-order valence-corrected chi connectivity index (χ3v) is 20.1. The molecule has 0 unspecified atom stereocenters. The Balaban J connectivity index is 0.983. The lowest BCUT2D eigenvalue weighted by molar-refractivity contribution is 0.331. The van der Waals surface area contributed by atoms with Gasteiger partial charge in [-0.2, -0.15) is 0 Å². The molecule has 12 aromatic carbocycles. The van der Waals surface area contributed by atoms with Crippen LogP contribution in [0.2, 0.25) is 0 Å². The van der Waals surface area contributed by atoms with Crippen LogP contribution >= 0.6 is 0 Å². The fraction of sp³-hybridized carbons (Fsp3) is 0.176. The van der Waals surface area contributed by atoms with E-state index in [0.29, 0.717) is 0 Å². The van der Waals surface area contributed by atoms with Gasteiger partial charge in [0.2, 0.25) is 0 Å². The number of nitrogens with one attached hydrogen (secondary N) is 1. The van der Waals surface area contributed by atoms with E-state index in [4.69, 9.17) is 0 Å². The van der Waals surface area contributed by atoms with Crippen LogP contribution in [0.15, 0.2) is 273 Å². The highest BCUT2D eigenvalue weighted by Gasteiger charge is 2.51. The van der Waals surface area contributed by atoms with E-state index >= 15 is 0 Å². The third kappa shape index (κ3) is 9.85. The topological polar surface area (TPSA) is 18.5 Å². The van der Waals surface area contributed by atoms with Gasteiger partial charge in [-0.25, -0.2) is 0 Å². The average molecular weight is 1150 g/mol. The molecule has 3 aliphatic rings. The molecular formula is C85H76BN3. The first-order valence-electron chi connectivity index (χ1n) is 32.5. The highest BCUT2D eigenvalue weighted by Crippen LogP contribution is 2.61. The Labute approximate surface area is 527 Å². The lowest BCUT2D eigenvalue weighted by Crippen LogP contribution is -2.48. The monoisotopic (exact) mass is 1150 g/mol. The Morgan fingerprint density at radius 3 is 1.62 bits per heavy atom. The van der Waals surface area contributed by atoms with E-state index in [1.54, 1.807) is 0 Å². The van der Waals surface area contributed by atoms with Gasteiger partial charge in [0, 0.05) is 50.8 Å². The molecule has 0 bridgehead atoms. The van der Waals surface area contributed by atoms with E-state index < -0.39 is 5.41 Å². The van der Waals surface area contributed by atoms with E-state index in [-0.39, 0.29) is 10.8 Å². The number of benzene rings is 12. The molecule has 0 atom stereocenters. The molecule has 0 amide bonds. The van der Waals surface area contributed by atoms with Gasteiger partial charge in [-0.05, 0) is 181 Å². The summed E-state index contributed by atoms with van der Waals surface area (Å²) in [5, 5.41) is 6.51. The largest absolute Gasteiger partial charge is 0.355 e. The number of para-hydroxylation sites is 1. The summed E-state index contributed by atoms with van der Waals surface area (Å²) >= 11 is 0. The summed E-state index contributed by atoms with van der Waals surface area (Å²) in [7, 11) is 0.744. The van der Waals surface area contributed by atoms with Crippen LogP contribution in [0.3, 0.4) is 0 Å². The van der Waals surface area contributed by atoms with Gasteiger partial charge in [0.1, 0.15) is 0 Å². The van der Waals surface area contributed by atoms with Crippen LogP contribution in [0.1, 0.15) is 112 Å². The Kier molecular flexibility index (Phi) is 14.3. The molecule has 3 nitrogen and oxygen atoms in total. The molecule has 2 heterocycles. The van der Waals surface area contributed by atoms with Crippen molar-refractivity contribution >= 4 is 74.5 Å². The maximum atomic E-state index is 4.06. The minimum Gasteiger partial charge on any atom is -0.355 e. The zero-order chi connectivity index (χ0) is 60.3. The fourth-order valence-electron chi connectivity index (χ4n) is 15.3. The van der Waals surface area contributed by atoms with E-state index in [2.05, 4.69) is 323 Å². The summed E-state index contributed by atoms with van der Waals surface area (Å²) in [6.07, 6.45) is 8.31. The van der Waals surface area contributed by atoms with Crippen molar-refractivity contribution in [1.82, 2.24) is 0 Å². The van der Waals surface area contributed by atoms with Gasteiger partial charge >= 0.3 is 0 Å². The SMILES string of the molecule is CCCCCCc1ccc(N(c2ccc(-c3ccccc3)cc2)c2ccc(Nc3ccc(-c4ccccc4)cc3)c(-c3cc4ccccc4c4c3Bc3cccc5c3N4c3cc4c(cc3C5(c3ccccc3)c3ccccc3)C(C)(C)CCC4(C)C)c2)cc1. The van der Waals surface area contributed by atoms with Gasteiger partial charge in [-0.15, -0.1) is 0 Å². The molecule has 4 heteroatoms. The Hall–Kier alpha value is -9.64. The van der Waals surface area contributed by atoms with Crippen LogP contribution in [0.4, 0.5) is 45.5 Å². The summed E-state index contributed by atoms with van der Waals surface area (Å²) in [6, 6.07) is 103. The molecular weight excluding hydrogens is 1070 g/mol. The number of unbranched alkanes of at least 4 members (excludes halogenated alkanes) is 3. The first-order chi connectivity index (χ1) is 43.6. The Bertz CT molecular complexity index is 4510. The van der Waals surface area contributed by atoms with Crippen molar-refractivity contribution in [2.24, 2.45) is 0 Å². The van der Waals surface area contributed by atoms with Gasteiger partial charge in [0.25, 0.3) is 0 Å². The highest BCUT2D eigenvalue weighted by atomic mass is 15.2. The third-order valence-electron chi connectivity index (χ3n) is 20.1. The van der Waals surface area contributed by atoms with Gasteiger partial charge in [-0.1, -0.05) is 266 Å². The number of aryl methyl sites for hydroxylation is 1. The molecule has 15 rings (SSSR count). The van der Waals surface area contributed by atoms with E-state index in [1.807, 2.05) is 0 Å². The number of fused-ring (bicyclic) bond motifs is 7. The maximum Gasteiger partial charge on any atom is 0.198 e. The Morgan fingerprint density at radius 2 is 0.989 bits per heavy atom. The fourth-order valence-corrected chi connectivity index (χ4v) is 15.3. The molecule has 0 saturated heterocycles. The van der Waals surface area contributed by atoms with Crippen molar-refractivity contribution < 1.29 is 0 Å². The lowest BCUT2D eigenvalue weighted by atomic mass is 9.53. The maximum absolute atomic E-state index is 4.06. The van der Waals surface area contributed by atoms with Crippen LogP contribution < -0.4 is 26.0 Å². The van der Waals surface area contributed by atoms with E-state index in [0.717, 1.165) is 60.5 Å². The molecule has 89 heavy (non-hydrogen) atoms. The summed E-state index contributed by atoms with van der Waals surface area (Å²) in [5.74, 6) is 0. The smallest absolute Gasteiger partial charge is 0.198 e. The number of anilines is 8.